The van der Waals surface area contributed by atoms with Crippen molar-refractivity contribution < 1.29 is 16.8 Å². The van der Waals surface area contributed by atoms with E-state index in [1.54, 1.807) is 24.3 Å². The fourth-order valence-electron chi connectivity index (χ4n) is 2.87. The van der Waals surface area contributed by atoms with Crippen LogP contribution in [0.3, 0.4) is 0 Å². The van der Waals surface area contributed by atoms with Crippen LogP contribution in [-0.4, -0.2) is 71.7 Å². The van der Waals surface area contributed by atoms with Crippen LogP contribution in [0.1, 0.15) is 12.5 Å². The summed E-state index contributed by atoms with van der Waals surface area (Å²) in [5.41, 5.74) is 1.05. The molecule has 0 saturated carbocycles. The van der Waals surface area contributed by atoms with Crippen LogP contribution in [0.15, 0.2) is 29.2 Å². The summed E-state index contributed by atoms with van der Waals surface area (Å²) in [7, 11) is -3.22. The van der Waals surface area contributed by atoms with Gasteiger partial charge in [0.05, 0.1) is 21.7 Å². The fraction of sp³-hybridized carbons (Fsp3) is 0.625. The van der Waals surface area contributed by atoms with E-state index >= 15 is 0 Å². The first-order valence-corrected chi connectivity index (χ1v) is 11.4. The average Bonchev–Trinajstić information content (AvgIpc) is 2.82. The summed E-state index contributed by atoms with van der Waals surface area (Å²) in [6, 6.07) is 6.16. The summed E-state index contributed by atoms with van der Waals surface area (Å²) in [4.78, 5) is 2.16. The lowest BCUT2D eigenvalue weighted by molar-refractivity contribution is 0.388. The normalized spacial score (nSPS) is 21.8. The largest absolute Gasteiger partial charge is 0.310 e. The number of aryl methyl sites for hydroxylation is 1. The highest BCUT2D eigenvalue weighted by Gasteiger charge is 2.45. The van der Waals surface area contributed by atoms with Gasteiger partial charge in [-0.15, -0.1) is 24.8 Å². The molecule has 0 bridgehead atoms. The van der Waals surface area contributed by atoms with Gasteiger partial charge < -0.3 is 10.2 Å². The molecule has 6 nitrogen and oxygen atoms in total. The number of nitrogens with zero attached hydrogens (tertiary/aromatic N) is 1. The van der Waals surface area contributed by atoms with Crippen LogP contribution in [0.2, 0.25) is 0 Å². The first kappa shape index (κ1) is 25.6. The minimum Gasteiger partial charge on any atom is -0.310 e. The van der Waals surface area contributed by atoms with E-state index in [0.717, 1.165) is 12.0 Å². The summed E-state index contributed by atoms with van der Waals surface area (Å²) >= 11 is 0. The van der Waals surface area contributed by atoms with Gasteiger partial charge in [0.25, 0.3) is 0 Å². The Balaban J connectivity index is 0.00000312. The second kappa shape index (κ2) is 10.2. The SMILES string of the molecule is CCc1ccc(S(=O)(=O)[C@H]2CS(=O)(=O)C[C@@H]2NCCN(C)C)cc1.Cl.Cl. The van der Waals surface area contributed by atoms with Crippen LogP contribution in [0, 0.1) is 0 Å². The lowest BCUT2D eigenvalue weighted by atomic mass is 10.2. The van der Waals surface area contributed by atoms with E-state index in [9.17, 15) is 16.8 Å². The molecule has 1 fully saturated rings. The summed E-state index contributed by atoms with van der Waals surface area (Å²) in [5.74, 6) is -0.443. The van der Waals surface area contributed by atoms with Gasteiger partial charge in [-0.05, 0) is 38.2 Å². The van der Waals surface area contributed by atoms with Crippen LogP contribution in [-0.2, 0) is 26.1 Å². The third kappa shape index (κ3) is 6.35. The van der Waals surface area contributed by atoms with Crippen LogP contribution < -0.4 is 5.32 Å². The molecule has 10 heteroatoms. The predicted octanol–water partition coefficient (Wildman–Crippen LogP) is 1.18. The highest BCUT2D eigenvalue weighted by molar-refractivity contribution is 7.96. The summed E-state index contributed by atoms with van der Waals surface area (Å²) < 4.78 is 49.9. The maximum atomic E-state index is 12.9. The van der Waals surface area contributed by atoms with Crippen molar-refractivity contribution in [1.82, 2.24) is 10.2 Å². The van der Waals surface area contributed by atoms with Crippen molar-refractivity contribution in [3.05, 3.63) is 29.8 Å². The number of halogens is 2. The zero-order valence-corrected chi connectivity index (χ0v) is 18.5. The number of hydrogen-bond acceptors (Lipinski definition) is 6. The Hall–Kier alpha value is -0.380. The molecule has 0 aliphatic carbocycles. The third-order valence-corrected chi connectivity index (χ3v) is 8.49. The molecule has 26 heavy (non-hydrogen) atoms. The number of sulfone groups is 2. The molecule has 0 radical (unpaired) electrons. The molecule has 1 aliphatic heterocycles. The maximum absolute atomic E-state index is 12.9. The molecule has 1 aromatic carbocycles. The van der Waals surface area contributed by atoms with E-state index < -0.39 is 31.0 Å². The first-order chi connectivity index (χ1) is 11.2. The quantitative estimate of drug-likeness (QED) is 0.676. The standard InChI is InChI=1S/C16H26N2O4S2.2ClH/c1-4-13-5-7-14(8-6-13)24(21,22)16-12-23(19,20)11-15(16)17-9-10-18(2)3;;/h5-8,15-17H,4,9-12H2,1-3H3;2*1H/t15-,16-;;/m0../s1. The Morgan fingerprint density at radius 1 is 1.12 bits per heavy atom. The van der Waals surface area contributed by atoms with Gasteiger partial charge in [0.2, 0.25) is 0 Å². The van der Waals surface area contributed by atoms with Crippen molar-refractivity contribution in [1.29, 1.82) is 0 Å². The van der Waals surface area contributed by atoms with Crippen molar-refractivity contribution in [2.75, 3.05) is 38.7 Å². The first-order valence-electron chi connectivity index (χ1n) is 8.07. The topological polar surface area (TPSA) is 83.5 Å². The van der Waals surface area contributed by atoms with Gasteiger partial charge in [-0.3, -0.25) is 0 Å². The zero-order valence-electron chi connectivity index (χ0n) is 15.2. The van der Waals surface area contributed by atoms with E-state index in [1.165, 1.54) is 0 Å². The summed E-state index contributed by atoms with van der Waals surface area (Å²) in [6.07, 6.45) is 0.826. The summed E-state index contributed by atoms with van der Waals surface area (Å²) in [6.45, 7) is 3.26. The Kier molecular flexibility index (Phi) is 10.1. The van der Waals surface area contributed by atoms with Gasteiger partial charge in [0.15, 0.2) is 19.7 Å². The van der Waals surface area contributed by atoms with Gasteiger partial charge in [-0.2, -0.15) is 0 Å². The lowest BCUT2D eigenvalue weighted by Gasteiger charge is -2.21. The third-order valence-electron chi connectivity index (χ3n) is 4.32. The van der Waals surface area contributed by atoms with Gasteiger partial charge in [-0.25, -0.2) is 16.8 Å². The number of nitrogens with one attached hydrogen (secondary N) is 1. The van der Waals surface area contributed by atoms with E-state index in [-0.39, 0.29) is 41.2 Å². The second-order valence-corrected chi connectivity index (χ2v) is 10.8. The van der Waals surface area contributed by atoms with E-state index in [0.29, 0.717) is 13.1 Å². The van der Waals surface area contributed by atoms with Crippen LogP contribution in [0.4, 0.5) is 0 Å². The van der Waals surface area contributed by atoms with Crippen molar-refractivity contribution in [3.63, 3.8) is 0 Å². The molecule has 1 heterocycles. The van der Waals surface area contributed by atoms with Crippen molar-refractivity contribution in [3.8, 4) is 0 Å². The Labute approximate surface area is 169 Å². The molecule has 1 aliphatic rings. The maximum Gasteiger partial charge on any atom is 0.183 e. The van der Waals surface area contributed by atoms with Crippen molar-refractivity contribution in [2.45, 2.75) is 29.5 Å². The van der Waals surface area contributed by atoms with Crippen LogP contribution >= 0.6 is 24.8 Å². The molecule has 2 rings (SSSR count). The molecule has 0 unspecified atom stereocenters. The van der Waals surface area contributed by atoms with E-state index in [4.69, 9.17) is 0 Å². The lowest BCUT2D eigenvalue weighted by Crippen LogP contribution is -2.45. The number of benzene rings is 1. The van der Waals surface area contributed by atoms with Gasteiger partial charge >= 0.3 is 0 Å². The second-order valence-electron chi connectivity index (χ2n) is 6.52. The van der Waals surface area contributed by atoms with Crippen molar-refractivity contribution in [2.24, 2.45) is 0 Å². The number of hydrogen-bond donors (Lipinski definition) is 1. The fourth-order valence-corrected chi connectivity index (χ4v) is 7.59. The molecule has 1 N–H and O–H groups in total. The smallest absolute Gasteiger partial charge is 0.183 e. The predicted molar refractivity (Wildman–Crippen MR) is 110 cm³/mol. The monoisotopic (exact) mass is 446 g/mol. The zero-order chi connectivity index (χ0) is 18.0. The molecule has 0 aromatic heterocycles. The number of likely N-dealkylation sites (N-methyl/N-ethyl adjacent to an activating group) is 1. The molecular weight excluding hydrogens is 419 g/mol. The Morgan fingerprint density at radius 2 is 1.69 bits per heavy atom. The van der Waals surface area contributed by atoms with Gasteiger partial charge in [0.1, 0.15) is 0 Å². The van der Waals surface area contributed by atoms with Crippen LogP contribution in [0.25, 0.3) is 0 Å². The molecule has 0 spiro atoms. The molecule has 1 saturated heterocycles. The van der Waals surface area contributed by atoms with E-state index in [2.05, 4.69) is 5.32 Å². The minimum atomic E-state index is -3.69. The van der Waals surface area contributed by atoms with Gasteiger partial charge in [-0.1, -0.05) is 19.1 Å². The average molecular weight is 447 g/mol. The highest BCUT2D eigenvalue weighted by atomic mass is 35.5. The molecule has 0 amide bonds. The molecule has 152 valence electrons. The van der Waals surface area contributed by atoms with E-state index in [1.807, 2.05) is 25.9 Å². The van der Waals surface area contributed by atoms with Gasteiger partial charge in [0, 0.05) is 19.1 Å². The minimum absolute atomic E-state index is 0. The molecule has 1 aromatic rings. The highest BCUT2D eigenvalue weighted by Crippen LogP contribution is 2.26. The summed E-state index contributed by atoms with van der Waals surface area (Å²) in [5, 5.41) is 2.18. The number of rotatable bonds is 7. The molecular formula is C16H28Cl2N2O4S2. The van der Waals surface area contributed by atoms with Crippen LogP contribution in [0.5, 0.6) is 0 Å². The Bertz CT molecular complexity index is 766. The van der Waals surface area contributed by atoms with Crippen molar-refractivity contribution >= 4 is 44.5 Å². The molecule has 2 atom stereocenters. The Morgan fingerprint density at radius 3 is 2.19 bits per heavy atom.